The van der Waals surface area contributed by atoms with Crippen LogP contribution in [0.2, 0.25) is 0 Å². The number of rotatable bonds is 22. The molecule has 5 saturated carbocycles. The summed E-state index contributed by atoms with van der Waals surface area (Å²) in [6, 6.07) is 2.27. The van der Waals surface area contributed by atoms with Gasteiger partial charge in [0.25, 0.3) is 0 Å². The molecule has 54 heteroatoms. The Morgan fingerprint density at radius 2 is 0.776 bits per heavy atom. The molecule has 0 spiro atoms. The molecule has 5 aliphatic rings. The van der Waals surface area contributed by atoms with Crippen LogP contribution in [0.3, 0.4) is 0 Å². The summed E-state index contributed by atoms with van der Waals surface area (Å²) in [7, 11) is 1.69. The highest BCUT2D eigenvalue weighted by Gasteiger charge is 2.53. The van der Waals surface area contributed by atoms with E-state index in [1.807, 2.05) is 62.3 Å². The van der Waals surface area contributed by atoms with Crippen LogP contribution < -0.4 is 26.6 Å². The maximum absolute atomic E-state index is 13.2. The molecule has 706 valence electrons. The normalized spacial score (nSPS) is 15.4. The van der Waals surface area contributed by atoms with Crippen LogP contribution in [0, 0.1) is 59.8 Å². The number of tetrazole rings is 1. The summed E-state index contributed by atoms with van der Waals surface area (Å²) >= 11 is 6.88. The highest BCUT2D eigenvalue weighted by atomic mass is 32.1. The van der Waals surface area contributed by atoms with Gasteiger partial charge in [0.05, 0.1) is 114 Å². The summed E-state index contributed by atoms with van der Waals surface area (Å²) in [5.74, 6) is 2.16. The van der Waals surface area contributed by atoms with Gasteiger partial charge < -0.3 is 26.6 Å². The molecule has 0 unspecified atom stereocenters. The lowest BCUT2D eigenvalue weighted by atomic mass is 9.94. The first-order valence-electron chi connectivity index (χ1n) is 41.0. The van der Waals surface area contributed by atoms with Gasteiger partial charge in [-0.05, 0) is 159 Å². The highest BCUT2D eigenvalue weighted by molar-refractivity contribution is 7.17. The predicted molar refractivity (Wildman–Crippen MR) is 462 cm³/mol. The van der Waals surface area contributed by atoms with Crippen molar-refractivity contribution in [1.29, 1.82) is 5.26 Å². The number of aryl methyl sites for hydroxylation is 8. The number of alkyl halides is 15. The van der Waals surface area contributed by atoms with Crippen LogP contribution in [0.15, 0.2) is 56.3 Å². The Morgan fingerprint density at radius 3 is 1.12 bits per heavy atom. The molecule has 0 amide bonds. The summed E-state index contributed by atoms with van der Waals surface area (Å²) in [5, 5.41) is 61.4. The van der Waals surface area contributed by atoms with E-state index >= 15 is 0 Å². The quantitative estimate of drug-likeness (QED) is 0.0310. The second kappa shape index (κ2) is 36.4. The number of H-pyrrole nitrogens is 2. The Hall–Kier alpha value is -12.5. The average molecular weight is 1960 g/mol. The van der Waals surface area contributed by atoms with E-state index in [-0.39, 0.29) is 81.4 Å². The zero-order chi connectivity index (χ0) is 96.5. The summed E-state index contributed by atoms with van der Waals surface area (Å²) in [5.41, 5.74) is -2.87. The molecule has 5 fully saturated rings. The molecule has 0 bridgehead atoms. The van der Waals surface area contributed by atoms with Crippen LogP contribution in [0.25, 0.3) is 0 Å². The van der Waals surface area contributed by atoms with Crippen molar-refractivity contribution in [2.24, 2.45) is 7.05 Å². The van der Waals surface area contributed by atoms with E-state index in [4.69, 9.17) is 0 Å². The van der Waals surface area contributed by atoms with Crippen LogP contribution in [0.1, 0.15) is 251 Å². The van der Waals surface area contributed by atoms with E-state index in [0.717, 1.165) is 111 Å². The zero-order valence-electron chi connectivity index (χ0n) is 73.3. The second-order valence-corrected chi connectivity index (χ2v) is 38.7. The Bertz CT molecular complexity index is 6440. The number of hydrogen-bond donors (Lipinski definition) is 7. The smallest absolute Gasteiger partial charge is 0.314 e. The Kier molecular flexibility index (Phi) is 26.1. The number of thiazole rings is 5. The molecular weight excluding hydrogens is 1880 g/mol. The average Bonchev–Trinajstić information content (AvgIpc) is 1.58. The molecule has 0 radical (unpaired) electrons. The number of nitrogens with one attached hydrogen (secondary N) is 7. The van der Waals surface area contributed by atoms with Gasteiger partial charge in [-0.1, -0.05) is 56.7 Å². The fourth-order valence-electron chi connectivity index (χ4n) is 13.4. The van der Waals surface area contributed by atoms with Crippen LogP contribution in [-0.4, -0.2) is 140 Å². The summed E-state index contributed by atoms with van der Waals surface area (Å²) in [6.07, 6.45) is -4.48. The van der Waals surface area contributed by atoms with Gasteiger partial charge in [-0.25, -0.2) is 94.4 Å². The fraction of sp³-hybridized carbons (Fsp3) is 0.463. The third kappa shape index (κ3) is 21.3. The standard InChI is InChI=1S/C17H19F3N8S.C17H16F3N7S.C17H18F3N7S.C15H16F3N7S.C14H12F3N5S/c1-8-12(29-14(22-8)16(2,3)13-25-27-28(4)26-13)24-15-21-7-10(17(18,19)20)11(23-15)9-5-6-9;1-8-12(28-14(24-8)16(4-5-16)13-22-7-23-27-13)26-15-21-6-10(17(18,19)20)11(25-15)9-2-3-9;1-8-12(28-14(24-8)16(2,3)13-22-7-23-27-13)26-15-21-6-10(17(18,19)20)11(25-15)9-4-5-9;1-8-10(15(16,17)18)5-20-13(23-8)24-11-9(2)22-12(26-11)14(3,4)25-7-19-6-21-25;1-7-9(14(15,16)17)5-19-12(21-7)22-10-8(2)20-11(23-10)13(6-18)3-4-13/h7,9H,5-6H2,1-4H3,(H,21,23,24);6-7,9H,2-5H2,1H3,(H,21,25,26)(H,22,23,27);6-7,9H,4-5H2,1-3H3,(H,21,25,26)(H,22,23,27);5-7H,1-4H3,(H,20,23,24);5H,3-4H2,1-2H3,(H,19,21,22). The van der Waals surface area contributed by atoms with Gasteiger partial charge >= 0.3 is 30.9 Å². The van der Waals surface area contributed by atoms with Crippen molar-refractivity contribution in [3.63, 3.8) is 0 Å². The molecule has 0 aliphatic heterocycles. The highest BCUT2D eigenvalue weighted by Crippen LogP contribution is 2.56. The van der Waals surface area contributed by atoms with Crippen LogP contribution in [0.5, 0.6) is 0 Å². The van der Waals surface area contributed by atoms with Crippen molar-refractivity contribution < 1.29 is 65.9 Å². The molecule has 14 heterocycles. The van der Waals surface area contributed by atoms with Crippen molar-refractivity contribution in [1.82, 2.24) is 140 Å². The molecule has 0 saturated heterocycles. The minimum absolute atomic E-state index is 0.0569. The van der Waals surface area contributed by atoms with Crippen LogP contribution in [-0.2, 0) is 65.1 Å². The molecule has 7 N–H and O–H groups in total. The molecule has 5 aliphatic carbocycles. The number of aromatic amines is 2. The third-order valence-corrected chi connectivity index (χ3v) is 28.7. The lowest BCUT2D eigenvalue weighted by molar-refractivity contribution is -0.139. The molecule has 0 aromatic carbocycles. The van der Waals surface area contributed by atoms with Gasteiger partial charge in [0.15, 0.2) is 5.82 Å². The first kappa shape index (κ1) is 96.1. The lowest BCUT2D eigenvalue weighted by Gasteiger charge is -2.21. The topological polar surface area (TPSA) is 435 Å². The first-order chi connectivity index (χ1) is 62.9. The van der Waals surface area contributed by atoms with E-state index < -0.39 is 80.5 Å². The van der Waals surface area contributed by atoms with Gasteiger partial charge in [-0.3, -0.25) is 10.2 Å². The van der Waals surface area contributed by atoms with Crippen molar-refractivity contribution in [2.45, 2.75) is 230 Å². The number of nitrogens with zero attached hydrogens (tertiary/aromatic N) is 27. The predicted octanol–water partition coefficient (Wildman–Crippen LogP) is 19.7. The molecular formula is C80H81F15N34S5. The molecule has 34 nitrogen and oxygen atoms in total. The second-order valence-electron chi connectivity index (χ2n) is 33.7. The number of nitriles is 1. The van der Waals surface area contributed by atoms with Gasteiger partial charge in [0.1, 0.15) is 98.0 Å². The Morgan fingerprint density at radius 1 is 0.410 bits per heavy atom. The van der Waals surface area contributed by atoms with Gasteiger partial charge in [-0.2, -0.15) is 91.2 Å². The first-order valence-corrected chi connectivity index (χ1v) is 45.1. The van der Waals surface area contributed by atoms with E-state index in [1.165, 1.54) is 94.3 Å². The van der Waals surface area contributed by atoms with Crippen molar-refractivity contribution >= 4 is 111 Å². The van der Waals surface area contributed by atoms with E-state index in [9.17, 15) is 71.1 Å². The molecule has 134 heavy (non-hydrogen) atoms. The zero-order valence-corrected chi connectivity index (χ0v) is 77.4. The van der Waals surface area contributed by atoms with Crippen molar-refractivity contribution in [2.75, 3.05) is 26.6 Å². The lowest BCUT2D eigenvalue weighted by Crippen LogP contribution is -2.28. The number of halogens is 15. The molecule has 19 rings (SSSR count). The van der Waals surface area contributed by atoms with E-state index in [1.54, 1.807) is 31.9 Å². The third-order valence-electron chi connectivity index (χ3n) is 22.0. The van der Waals surface area contributed by atoms with Crippen molar-refractivity contribution in [3.05, 3.63) is 184 Å². The maximum Gasteiger partial charge on any atom is 0.419 e. The number of hydrogen-bond acceptors (Lipinski definition) is 35. The SMILES string of the molecule is Cc1nc(C(C)(C)c2ncn[nH]2)sc1Nc1ncc(C(F)(F)F)c(C2CC2)n1.Cc1nc(C(C)(C)c2nnn(C)n2)sc1Nc1ncc(C(F)(F)F)c(C2CC2)n1.Cc1nc(C2(c3ncn[nH]3)CC2)sc1Nc1ncc(C(F)(F)F)c(C2CC2)n1.Cc1nc(Nc2sc(C(C)(C)n3cncn3)nc2C)ncc1C(F)(F)F.Cc1nc(Nc2sc(C3(C#N)CC3)nc2C)ncc1C(F)(F)F. The van der Waals surface area contributed by atoms with Crippen LogP contribution >= 0.6 is 56.7 Å². The summed E-state index contributed by atoms with van der Waals surface area (Å²) < 4.78 is 197. The monoisotopic (exact) mass is 1960 g/mol. The van der Waals surface area contributed by atoms with Crippen molar-refractivity contribution in [3.8, 4) is 6.07 Å². The maximum atomic E-state index is 13.2. The molecule has 14 aromatic heterocycles. The van der Waals surface area contributed by atoms with E-state index in [0.29, 0.717) is 80.1 Å². The van der Waals surface area contributed by atoms with Gasteiger partial charge in [0, 0.05) is 48.7 Å². The minimum Gasteiger partial charge on any atom is -0.314 e. The number of aromatic nitrogens is 28. The minimum atomic E-state index is -4.47. The van der Waals surface area contributed by atoms with Gasteiger partial charge in [0.2, 0.25) is 29.7 Å². The summed E-state index contributed by atoms with van der Waals surface area (Å²) in [4.78, 5) is 76.0. The molecule has 14 aromatic rings. The van der Waals surface area contributed by atoms with E-state index in [2.05, 4.69) is 163 Å². The largest absolute Gasteiger partial charge is 0.419 e. The fourth-order valence-corrected chi connectivity index (χ4v) is 18.9. The Labute approximate surface area is 771 Å². The van der Waals surface area contributed by atoms with Crippen LogP contribution in [0.4, 0.5) is 121 Å². The van der Waals surface area contributed by atoms with Gasteiger partial charge in [-0.15, -0.1) is 10.2 Å². The summed E-state index contributed by atoms with van der Waals surface area (Å²) in [6.45, 7) is 23.4. The molecule has 0 atom stereocenters. The number of anilines is 10. The Balaban J connectivity index is 0.000000128.